The Morgan fingerprint density at radius 3 is 2.57 bits per heavy atom. The Hall–Kier alpha value is -0.890. The van der Waals surface area contributed by atoms with Crippen LogP contribution in [0, 0.1) is 11.8 Å². The summed E-state index contributed by atoms with van der Waals surface area (Å²) in [5.74, 6) is 6.86. The van der Waals surface area contributed by atoms with Crippen molar-refractivity contribution >= 4 is 5.78 Å². The van der Waals surface area contributed by atoms with E-state index in [1.807, 2.05) is 0 Å². The Morgan fingerprint density at radius 1 is 1.17 bits per heavy atom. The number of carbonyl (C=O) groups excluding carboxylic acids is 1. The van der Waals surface area contributed by atoms with E-state index in [0.29, 0.717) is 37.3 Å². The van der Waals surface area contributed by atoms with E-state index in [4.69, 9.17) is 0 Å². The molecular weight excluding hydrogens is 288 g/mol. The van der Waals surface area contributed by atoms with Gasteiger partial charge in [0.15, 0.2) is 0 Å². The average Bonchev–Trinajstić information content (AvgIpc) is 2.67. The molecule has 0 saturated carbocycles. The number of hydrogen-bond acceptors (Lipinski definition) is 4. The van der Waals surface area contributed by atoms with E-state index < -0.39 is 5.60 Å². The van der Waals surface area contributed by atoms with Crippen LogP contribution in [-0.4, -0.2) is 64.1 Å². The van der Waals surface area contributed by atoms with Crippen molar-refractivity contribution in [2.75, 3.05) is 19.6 Å². The van der Waals surface area contributed by atoms with Crippen molar-refractivity contribution in [1.29, 1.82) is 0 Å². The molecule has 0 radical (unpaired) electrons. The zero-order valence-electron chi connectivity index (χ0n) is 15.1. The summed E-state index contributed by atoms with van der Waals surface area (Å²) in [5, 5.41) is 10.9. The molecule has 0 aromatic rings. The maximum absolute atomic E-state index is 11.8. The van der Waals surface area contributed by atoms with Gasteiger partial charge in [0.2, 0.25) is 0 Å². The molecule has 130 valence electrons. The van der Waals surface area contributed by atoms with Crippen molar-refractivity contribution in [3.63, 3.8) is 0 Å². The summed E-state index contributed by atoms with van der Waals surface area (Å²) in [6.45, 7) is 11.1. The summed E-state index contributed by atoms with van der Waals surface area (Å²) in [5.41, 5.74) is -0.901. The largest absolute Gasteiger partial charge is 0.376 e. The minimum absolute atomic E-state index is 0.0832. The van der Waals surface area contributed by atoms with Gasteiger partial charge in [-0.05, 0) is 53.5 Å². The molecule has 0 aliphatic carbocycles. The molecule has 2 unspecified atom stereocenters. The van der Waals surface area contributed by atoms with Crippen LogP contribution in [0.1, 0.15) is 59.8 Å². The smallest absolute Gasteiger partial charge is 0.138 e. The lowest BCUT2D eigenvalue weighted by Gasteiger charge is -2.38. The fourth-order valence-corrected chi connectivity index (χ4v) is 3.60. The van der Waals surface area contributed by atoms with Gasteiger partial charge in [-0.15, -0.1) is 0 Å². The third kappa shape index (κ3) is 5.04. The van der Waals surface area contributed by atoms with Gasteiger partial charge in [-0.25, -0.2) is 0 Å². The molecule has 0 aromatic carbocycles. The van der Waals surface area contributed by atoms with Crippen LogP contribution in [-0.2, 0) is 4.79 Å². The minimum atomic E-state index is -0.901. The van der Waals surface area contributed by atoms with Gasteiger partial charge in [-0.1, -0.05) is 11.8 Å². The molecule has 0 aromatic heterocycles. The van der Waals surface area contributed by atoms with E-state index in [1.165, 1.54) is 0 Å². The summed E-state index contributed by atoms with van der Waals surface area (Å²) >= 11 is 0. The molecule has 2 saturated heterocycles. The molecule has 2 aliphatic heterocycles. The number of nitrogens with zero attached hydrogens (tertiary/aromatic N) is 2. The molecule has 0 bridgehead atoms. The average molecular weight is 320 g/mol. The molecule has 2 rings (SSSR count). The number of piperidine rings is 1. The number of likely N-dealkylation sites (tertiary alicyclic amines) is 2. The molecule has 0 spiro atoms. The molecule has 4 heteroatoms. The standard InChI is InChI=1S/C19H32N2O2/c1-15(2)20-12-5-10-19(23,14-20)11-8-17-6-7-18(22)9-13-21(17)16(3)4/h15-17,23H,5-7,9-10,12-14H2,1-4H3. The lowest BCUT2D eigenvalue weighted by molar-refractivity contribution is -0.118. The van der Waals surface area contributed by atoms with Crippen LogP contribution in [0.25, 0.3) is 0 Å². The normalized spacial score (nSPS) is 31.1. The van der Waals surface area contributed by atoms with E-state index in [1.54, 1.807) is 0 Å². The van der Waals surface area contributed by atoms with Gasteiger partial charge in [0.25, 0.3) is 0 Å². The lowest BCUT2D eigenvalue weighted by Crippen LogP contribution is -2.50. The lowest BCUT2D eigenvalue weighted by atomic mass is 9.92. The predicted molar refractivity (Wildman–Crippen MR) is 93.2 cm³/mol. The van der Waals surface area contributed by atoms with Gasteiger partial charge in [-0.2, -0.15) is 0 Å². The molecule has 1 N–H and O–H groups in total. The van der Waals surface area contributed by atoms with E-state index in [0.717, 1.165) is 32.4 Å². The summed E-state index contributed by atoms with van der Waals surface area (Å²) in [6, 6.07) is 0.888. The molecule has 2 atom stereocenters. The topological polar surface area (TPSA) is 43.8 Å². The number of hydrogen-bond donors (Lipinski definition) is 1. The first-order valence-corrected chi connectivity index (χ1v) is 9.07. The van der Waals surface area contributed by atoms with E-state index in [-0.39, 0.29) is 6.04 Å². The number of β-amino-alcohol motifs (C(OH)–C–C–N with tert-alkyl or cyclic N) is 1. The summed E-state index contributed by atoms with van der Waals surface area (Å²) in [7, 11) is 0. The summed E-state index contributed by atoms with van der Waals surface area (Å²) < 4.78 is 0. The summed E-state index contributed by atoms with van der Waals surface area (Å²) in [6.07, 6.45) is 3.76. The van der Waals surface area contributed by atoms with Gasteiger partial charge >= 0.3 is 0 Å². The van der Waals surface area contributed by atoms with Crippen LogP contribution in [0.15, 0.2) is 0 Å². The second kappa shape index (κ2) is 7.79. The third-order valence-corrected chi connectivity index (χ3v) is 5.11. The number of carbonyl (C=O) groups is 1. The fraction of sp³-hybridized carbons (Fsp3) is 0.842. The van der Waals surface area contributed by atoms with Crippen molar-refractivity contribution in [1.82, 2.24) is 9.80 Å². The first-order valence-electron chi connectivity index (χ1n) is 9.07. The van der Waals surface area contributed by atoms with E-state index in [9.17, 15) is 9.90 Å². The zero-order valence-corrected chi connectivity index (χ0v) is 15.1. The molecule has 4 nitrogen and oxygen atoms in total. The molecule has 2 heterocycles. The maximum atomic E-state index is 11.8. The van der Waals surface area contributed by atoms with Gasteiger partial charge in [-0.3, -0.25) is 14.6 Å². The van der Waals surface area contributed by atoms with Gasteiger partial charge in [0.1, 0.15) is 11.4 Å². The number of rotatable bonds is 2. The monoisotopic (exact) mass is 320 g/mol. The molecule has 0 amide bonds. The minimum Gasteiger partial charge on any atom is -0.376 e. The Balaban J connectivity index is 2.12. The van der Waals surface area contributed by atoms with Gasteiger partial charge in [0, 0.05) is 38.0 Å². The number of aliphatic hydroxyl groups is 1. The van der Waals surface area contributed by atoms with Gasteiger partial charge < -0.3 is 5.11 Å². The number of ketones is 1. The van der Waals surface area contributed by atoms with Crippen molar-refractivity contribution in [2.24, 2.45) is 0 Å². The SMILES string of the molecule is CC(C)N1CCCC(O)(C#CC2CCC(=O)CCN2C(C)C)C1. The van der Waals surface area contributed by atoms with Crippen LogP contribution in [0.4, 0.5) is 0 Å². The van der Waals surface area contributed by atoms with Crippen LogP contribution < -0.4 is 0 Å². The zero-order chi connectivity index (χ0) is 17.0. The second-order valence-corrected chi connectivity index (χ2v) is 7.64. The molecule has 2 aliphatic rings. The molecular formula is C19H32N2O2. The Labute approximate surface area is 141 Å². The highest BCUT2D eigenvalue weighted by molar-refractivity contribution is 5.78. The Morgan fingerprint density at radius 2 is 1.91 bits per heavy atom. The molecule has 23 heavy (non-hydrogen) atoms. The highest BCUT2D eigenvalue weighted by atomic mass is 16.3. The second-order valence-electron chi connectivity index (χ2n) is 7.64. The summed E-state index contributed by atoms with van der Waals surface area (Å²) in [4.78, 5) is 16.4. The third-order valence-electron chi connectivity index (χ3n) is 5.11. The molecule has 2 fully saturated rings. The highest BCUT2D eigenvalue weighted by Gasteiger charge is 2.33. The predicted octanol–water partition coefficient (Wildman–Crippen LogP) is 2.06. The van der Waals surface area contributed by atoms with Crippen molar-refractivity contribution in [2.45, 2.75) is 83.5 Å². The van der Waals surface area contributed by atoms with E-state index >= 15 is 0 Å². The highest BCUT2D eigenvalue weighted by Crippen LogP contribution is 2.23. The first kappa shape index (κ1) is 18.4. The Bertz CT molecular complexity index is 477. The van der Waals surface area contributed by atoms with Crippen LogP contribution >= 0.6 is 0 Å². The van der Waals surface area contributed by atoms with E-state index in [2.05, 4.69) is 49.3 Å². The van der Waals surface area contributed by atoms with Crippen molar-refractivity contribution < 1.29 is 9.90 Å². The first-order chi connectivity index (χ1) is 10.8. The van der Waals surface area contributed by atoms with Crippen molar-refractivity contribution in [3.8, 4) is 11.8 Å². The van der Waals surface area contributed by atoms with Crippen LogP contribution in [0.2, 0.25) is 0 Å². The van der Waals surface area contributed by atoms with Crippen LogP contribution in [0.5, 0.6) is 0 Å². The number of Topliss-reactive ketones (excluding diaryl/α,β-unsaturated/α-hetero) is 1. The quantitative estimate of drug-likeness (QED) is 0.791. The fourth-order valence-electron chi connectivity index (χ4n) is 3.60. The maximum Gasteiger partial charge on any atom is 0.138 e. The Kier molecular flexibility index (Phi) is 6.25. The van der Waals surface area contributed by atoms with Crippen molar-refractivity contribution in [3.05, 3.63) is 0 Å². The van der Waals surface area contributed by atoms with Gasteiger partial charge in [0.05, 0.1) is 6.04 Å². The van der Waals surface area contributed by atoms with Crippen LogP contribution in [0.3, 0.4) is 0 Å².